The van der Waals surface area contributed by atoms with Crippen LogP contribution >= 0.6 is 0 Å². The fraction of sp³-hybridized carbons (Fsp3) is 0.214. The predicted octanol–water partition coefficient (Wildman–Crippen LogP) is 4.32. The topological polar surface area (TPSA) is 0 Å². The minimum Gasteiger partial charge on any atom is -0.102 e. The Kier molecular flexibility index (Phi) is 6.47. The zero-order valence-corrected chi connectivity index (χ0v) is 9.38. The lowest BCUT2D eigenvalue weighted by atomic mass is 9.95. The van der Waals surface area contributed by atoms with E-state index in [-0.39, 0.29) is 0 Å². The molecule has 0 N–H and O–H groups in total. The largest absolute Gasteiger partial charge is 0.102 e. The Balaban J connectivity index is 0.000000791. The van der Waals surface area contributed by atoms with E-state index in [9.17, 15) is 0 Å². The normalized spacial score (nSPS) is 8.86. The molecule has 1 aromatic carbocycles. The van der Waals surface area contributed by atoms with Crippen molar-refractivity contribution in [3.8, 4) is 0 Å². The molecule has 0 atom stereocenters. The molecule has 1 aromatic rings. The molecule has 0 saturated heterocycles. The van der Waals surface area contributed by atoms with Crippen LogP contribution in [0.2, 0.25) is 0 Å². The molecule has 75 valence electrons. The molecular weight excluding hydrogens is 168 g/mol. The monoisotopic (exact) mass is 187 g/mol. The molecule has 0 nitrogen and oxygen atoms in total. The highest BCUT2D eigenvalue weighted by molar-refractivity contribution is 5.46. The van der Waals surface area contributed by atoms with Crippen LogP contribution in [0.4, 0.5) is 0 Å². The zero-order chi connectivity index (χ0) is 11.0. The van der Waals surface area contributed by atoms with Gasteiger partial charge in [-0.1, -0.05) is 50.3 Å². The first kappa shape index (κ1) is 12.7. The smallest absolute Gasteiger partial charge is 0.0476 e. The minimum absolute atomic E-state index is 1.09. The maximum atomic E-state index is 3.74. The maximum absolute atomic E-state index is 3.74. The van der Waals surface area contributed by atoms with Crippen LogP contribution in [-0.4, -0.2) is 0 Å². The van der Waals surface area contributed by atoms with E-state index in [2.05, 4.69) is 32.2 Å². The van der Waals surface area contributed by atoms with Crippen molar-refractivity contribution < 1.29 is 0 Å². The number of aryl methyl sites for hydroxylation is 1. The summed E-state index contributed by atoms with van der Waals surface area (Å²) in [4.78, 5) is 0. The van der Waals surface area contributed by atoms with Crippen molar-refractivity contribution in [3.05, 3.63) is 66.6 Å². The highest BCUT2D eigenvalue weighted by Crippen LogP contribution is 2.19. The summed E-state index contributed by atoms with van der Waals surface area (Å²) in [5.41, 5.74) is 2.47. The lowest BCUT2D eigenvalue weighted by Gasteiger charge is -2.09. The zero-order valence-electron chi connectivity index (χ0n) is 9.38. The van der Waals surface area contributed by atoms with Gasteiger partial charge < -0.3 is 0 Å². The summed E-state index contributed by atoms with van der Waals surface area (Å²) in [5, 5.41) is 0. The predicted molar refractivity (Wildman–Crippen MR) is 65.3 cm³/mol. The van der Waals surface area contributed by atoms with Crippen molar-refractivity contribution in [1.82, 2.24) is 0 Å². The Morgan fingerprint density at radius 2 is 1.57 bits per heavy atom. The van der Waals surface area contributed by atoms with Crippen LogP contribution in [0, 0.1) is 12.8 Å². The third kappa shape index (κ3) is 3.21. The number of hydrogen-bond acceptors (Lipinski definition) is 0. The molecule has 1 rings (SSSR count). The van der Waals surface area contributed by atoms with E-state index in [0.717, 1.165) is 5.92 Å². The molecule has 0 unspecified atom stereocenters. The molecule has 0 heterocycles. The van der Waals surface area contributed by atoms with Crippen molar-refractivity contribution in [3.63, 3.8) is 0 Å². The fourth-order valence-electron chi connectivity index (χ4n) is 1.20. The van der Waals surface area contributed by atoms with Crippen LogP contribution in [0.1, 0.15) is 25.0 Å². The second kappa shape index (κ2) is 7.14. The molecule has 0 amide bonds. The van der Waals surface area contributed by atoms with Crippen LogP contribution in [0.3, 0.4) is 0 Å². The molecular formula is C14H19. The summed E-state index contributed by atoms with van der Waals surface area (Å²) < 4.78 is 0. The van der Waals surface area contributed by atoms with E-state index < -0.39 is 0 Å². The summed E-state index contributed by atoms with van der Waals surface area (Å²) in [7, 11) is 0. The molecule has 0 aliphatic carbocycles. The molecule has 1 radical (unpaired) electrons. The van der Waals surface area contributed by atoms with Crippen LogP contribution in [0.15, 0.2) is 49.6 Å². The van der Waals surface area contributed by atoms with E-state index in [0.29, 0.717) is 0 Å². The van der Waals surface area contributed by atoms with Crippen LogP contribution in [-0.2, 0) is 0 Å². The van der Waals surface area contributed by atoms with Gasteiger partial charge in [-0.2, -0.15) is 0 Å². The lowest BCUT2D eigenvalue weighted by Crippen LogP contribution is -1.93. The number of rotatable bonds is 3. The average molecular weight is 187 g/mol. The molecule has 0 bridgehead atoms. The van der Waals surface area contributed by atoms with E-state index in [1.165, 1.54) is 11.1 Å². The molecule has 0 heteroatoms. The van der Waals surface area contributed by atoms with E-state index in [1.54, 1.807) is 0 Å². The Bertz CT molecular complexity index is 276. The number of hydrogen-bond donors (Lipinski definition) is 0. The molecule has 0 aliphatic rings. The molecule has 0 fully saturated rings. The van der Waals surface area contributed by atoms with Crippen LogP contribution in [0.25, 0.3) is 0 Å². The highest BCUT2D eigenvalue weighted by atomic mass is 14.1. The number of allylic oxidation sites excluding steroid dienone is 2. The van der Waals surface area contributed by atoms with Gasteiger partial charge in [-0.05, 0) is 18.1 Å². The van der Waals surface area contributed by atoms with Gasteiger partial charge in [-0.15, -0.1) is 13.2 Å². The number of benzene rings is 1. The Hall–Kier alpha value is -1.30. The lowest BCUT2D eigenvalue weighted by molar-refractivity contribution is 1.29. The van der Waals surface area contributed by atoms with Crippen LogP contribution in [0.5, 0.6) is 0 Å². The van der Waals surface area contributed by atoms with Gasteiger partial charge in [0.25, 0.3) is 0 Å². The standard InChI is InChI=1S/C12H13.C2H6/c1-4-11(5-2)12-9-7-6-8-10(12)3;1-2/h4-9H,1-2H2,3H3;1-2H3. The van der Waals surface area contributed by atoms with Gasteiger partial charge in [0.1, 0.15) is 0 Å². The third-order valence-electron chi connectivity index (χ3n) is 1.90. The maximum Gasteiger partial charge on any atom is 0.0476 e. The second-order valence-corrected chi connectivity index (χ2v) is 2.68. The first-order chi connectivity index (χ1) is 6.79. The minimum atomic E-state index is 1.09. The summed E-state index contributed by atoms with van der Waals surface area (Å²) in [6.45, 7) is 13.6. The van der Waals surface area contributed by atoms with Gasteiger partial charge in [-0.3, -0.25) is 0 Å². The van der Waals surface area contributed by atoms with E-state index in [1.807, 2.05) is 38.1 Å². The molecule has 0 spiro atoms. The average Bonchev–Trinajstić information content (AvgIpc) is 2.25. The highest BCUT2D eigenvalue weighted by Gasteiger charge is 2.04. The first-order valence-corrected chi connectivity index (χ1v) is 4.97. The Morgan fingerprint density at radius 3 is 2.00 bits per heavy atom. The van der Waals surface area contributed by atoms with Gasteiger partial charge in [0.05, 0.1) is 0 Å². The Morgan fingerprint density at radius 1 is 1.07 bits per heavy atom. The summed E-state index contributed by atoms with van der Waals surface area (Å²) >= 11 is 0. The van der Waals surface area contributed by atoms with Gasteiger partial charge in [0.2, 0.25) is 0 Å². The summed E-state index contributed by atoms with van der Waals surface area (Å²) in [5.74, 6) is 1.09. The van der Waals surface area contributed by atoms with E-state index >= 15 is 0 Å². The fourth-order valence-corrected chi connectivity index (χ4v) is 1.20. The van der Waals surface area contributed by atoms with Crippen molar-refractivity contribution in [2.24, 2.45) is 0 Å². The first-order valence-electron chi connectivity index (χ1n) is 4.97. The van der Waals surface area contributed by atoms with Crippen molar-refractivity contribution in [2.45, 2.75) is 20.8 Å². The van der Waals surface area contributed by atoms with Gasteiger partial charge in [0, 0.05) is 5.92 Å². The SMILES string of the molecule is C=C[C](C=C)c1ccccc1C.CC. The quantitative estimate of drug-likeness (QED) is 0.661. The van der Waals surface area contributed by atoms with Crippen LogP contribution < -0.4 is 0 Å². The summed E-state index contributed by atoms with van der Waals surface area (Å²) in [6, 6.07) is 8.22. The van der Waals surface area contributed by atoms with Gasteiger partial charge in [0.15, 0.2) is 0 Å². The van der Waals surface area contributed by atoms with Crippen molar-refractivity contribution in [2.75, 3.05) is 0 Å². The molecule has 0 aliphatic heterocycles. The van der Waals surface area contributed by atoms with E-state index in [4.69, 9.17) is 0 Å². The molecule has 14 heavy (non-hydrogen) atoms. The van der Waals surface area contributed by atoms with Crippen molar-refractivity contribution >= 4 is 0 Å². The Labute approximate surface area is 88.0 Å². The van der Waals surface area contributed by atoms with Gasteiger partial charge in [-0.25, -0.2) is 0 Å². The molecule has 0 saturated carbocycles. The summed E-state index contributed by atoms with van der Waals surface area (Å²) in [6.07, 6.45) is 3.66. The molecule has 0 aromatic heterocycles. The third-order valence-corrected chi connectivity index (χ3v) is 1.90. The van der Waals surface area contributed by atoms with Crippen molar-refractivity contribution in [1.29, 1.82) is 0 Å². The second-order valence-electron chi connectivity index (χ2n) is 2.68. The van der Waals surface area contributed by atoms with Gasteiger partial charge >= 0.3 is 0 Å².